The third-order valence-electron chi connectivity index (χ3n) is 4.16. The van der Waals surface area contributed by atoms with Crippen LogP contribution in [0.3, 0.4) is 0 Å². The van der Waals surface area contributed by atoms with Gasteiger partial charge in [-0.05, 0) is 46.2 Å². The van der Waals surface area contributed by atoms with Crippen LogP contribution in [0.15, 0.2) is 17.1 Å². The highest BCUT2D eigenvalue weighted by molar-refractivity contribution is 5.95. The largest absolute Gasteiger partial charge is 0.356 e. The summed E-state index contributed by atoms with van der Waals surface area (Å²) in [5, 5.41) is 8.08. The number of amides is 1. The van der Waals surface area contributed by atoms with Crippen molar-refractivity contribution in [2.45, 2.75) is 46.2 Å². The second kappa shape index (κ2) is 11.5. The molecule has 0 spiro atoms. The van der Waals surface area contributed by atoms with Gasteiger partial charge in [0.25, 0.3) is 0 Å². The molecule has 0 fully saturated rings. The number of anilines is 1. The van der Waals surface area contributed by atoms with Gasteiger partial charge in [0.15, 0.2) is 23.4 Å². The van der Waals surface area contributed by atoms with Gasteiger partial charge in [-0.2, -0.15) is 0 Å². The number of hydrogen-bond acceptors (Lipinski definition) is 3. The molecule has 1 amide bonds. The Balaban J connectivity index is 2.42. The van der Waals surface area contributed by atoms with Crippen LogP contribution in [0.1, 0.15) is 34.1 Å². The average Bonchev–Trinajstić information content (AvgIpc) is 2.63. The molecule has 1 rings (SSSR count). The molecule has 0 aromatic heterocycles. The predicted molar refractivity (Wildman–Crippen MR) is 106 cm³/mol. The van der Waals surface area contributed by atoms with Crippen LogP contribution in [0.4, 0.5) is 18.9 Å². The van der Waals surface area contributed by atoms with E-state index in [-0.39, 0.29) is 6.54 Å². The first kappa shape index (κ1) is 23.7. The predicted octanol–water partition coefficient (Wildman–Crippen LogP) is 2.72. The number of nitrogens with one attached hydrogen (secondary N) is 3. The van der Waals surface area contributed by atoms with Crippen LogP contribution in [0.2, 0.25) is 0 Å². The van der Waals surface area contributed by atoms with E-state index < -0.39 is 29.0 Å². The van der Waals surface area contributed by atoms with Crippen LogP contribution in [-0.2, 0) is 4.79 Å². The highest BCUT2D eigenvalue weighted by Crippen LogP contribution is 2.19. The second-order valence-corrected chi connectivity index (χ2v) is 6.90. The Morgan fingerprint density at radius 1 is 1.07 bits per heavy atom. The summed E-state index contributed by atoms with van der Waals surface area (Å²) in [6.07, 6.45) is 0.892. The van der Waals surface area contributed by atoms with Gasteiger partial charge in [0, 0.05) is 32.2 Å². The molecule has 0 aliphatic carbocycles. The van der Waals surface area contributed by atoms with Crippen LogP contribution in [-0.4, -0.2) is 55.5 Å². The average molecular weight is 401 g/mol. The van der Waals surface area contributed by atoms with Crippen LogP contribution >= 0.6 is 0 Å². The molecule has 28 heavy (non-hydrogen) atoms. The summed E-state index contributed by atoms with van der Waals surface area (Å²) >= 11 is 0. The first-order chi connectivity index (χ1) is 13.2. The van der Waals surface area contributed by atoms with E-state index in [0.29, 0.717) is 24.6 Å². The Bertz CT molecular complexity index is 672. The smallest absolute Gasteiger partial charge is 0.243 e. The van der Waals surface area contributed by atoms with Gasteiger partial charge in [0.1, 0.15) is 0 Å². The highest BCUT2D eigenvalue weighted by atomic mass is 19.2. The van der Waals surface area contributed by atoms with E-state index in [2.05, 4.69) is 53.5 Å². The zero-order chi connectivity index (χ0) is 21.3. The molecule has 158 valence electrons. The Kier molecular flexibility index (Phi) is 9.78. The summed E-state index contributed by atoms with van der Waals surface area (Å²) in [6, 6.07) is 2.63. The van der Waals surface area contributed by atoms with Crippen molar-refractivity contribution < 1.29 is 18.0 Å². The Morgan fingerprint density at radius 2 is 1.71 bits per heavy atom. The van der Waals surface area contributed by atoms with E-state index in [1.165, 1.54) is 0 Å². The summed E-state index contributed by atoms with van der Waals surface area (Å²) in [4.78, 5) is 18.3. The first-order valence-electron chi connectivity index (χ1n) is 9.31. The number of guanidine groups is 1. The van der Waals surface area contributed by atoms with Crippen LogP contribution in [0.25, 0.3) is 0 Å². The molecular weight excluding hydrogens is 371 g/mol. The lowest BCUT2D eigenvalue weighted by atomic mass is 10.2. The lowest BCUT2D eigenvalue weighted by Crippen LogP contribution is -2.43. The SMILES string of the molecule is CN=C(NCCCN(C(C)C)C(C)C)NCC(=O)Nc1ccc(F)c(F)c1F. The van der Waals surface area contributed by atoms with E-state index in [0.717, 1.165) is 25.1 Å². The number of rotatable bonds is 9. The fraction of sp³-hybridized carbons (Fsp3) is 0.579. The van der Waals surface area contributed by atoms with Gasteiger partial charge in [0.2, 0.25) is 5.91 Å². The zero-order valence-corrected chi connectivity index (χ0v) is 17.1. The van der Waals surface area contributed by atoms with Crippen molar-refractivity contribution in [3.63, 3.8) is 0 Å². The molecule has 0 aliphatic heterocycles. The summed E-state index contributed by atoms with van der Waals surface area (Å²) in [5.74, 6) is -4.57. The van der Waals surface area contributed by atoms with Crippen molar-refractivity contribution >= 4 is 17.6 Å². The lowest BCUT2D eigenvalue weighted by Gasteiger charge is -2.30. The maximum Gasteiger partial charge on any atom is 0.243 e. The number of hydrogen-bond donors (Lipinski definition) is 3. The summed E-state index contributed by atoms with van der Waals surface area (Å²) < 4.78 is 39.7. The van der Waals surface area contributed by atoms with Crippen LogP contribution < -0.4 is 16.0 Å². The summed E-state index contributed by atoms with van der Waals surface area (Å²) in [5.41, 5.74) is -0.420. The lowest BCUT2D eigenvalue weighted by molar-refractivity contribution is -0.115. The molecule has 0 saturated heterocycles. The van der Waals surface area contributed by atoms with E-state index >= 15 is 0 Å². The Hall–Kier alpha value is -2.29. The number of halogens is 3. The molecule has 0 radical (unpaired) electrons. The number of aliphatic imine (C=N–C) groups is 1. The minimum Gasteiger partial charge on any atom is -0.356 e. The van der Waals surface area contributed by atoms with Gasteiger partial charge < -0.3 is 16.0 Å². The van der Waals surface area contributed by atoms with Gasteiger partial charge in [-0.25, -0.2) is 13.2 Å². The third-order valence-corrected chi connectivity index (χ3v) is 4.16. The van der Waals surface area contributed by atoms with Gasteiger partial charge in [0.05, 0.1) is 12.2 Å². The van der Waals surface area contributed by atoms with Crippen molar-refractivity contribution in [2.75, 3.05) is 32.0 Å². The van der Waals surface area contributed by atoms with Gasteiger partial charge in [-0.15, -0.1) is 0 Å². The molecule has 6 nitrogen and oxygen atoms in total. The Labute approximate surface area is 164 Å². The Morgan fingerprint density at radius 3 is 2.29 bits per heavy atom. The second-order valence-electron chi connectivity index (χ2n) is 6.90. The van der Waals surface area contributed by atoms with Crippen molar-refractivity contribution in [1.82, 2.24) is 15.5 Å². The van der Waals surface area contributed by atoms with Crippen LogP contribution in [0, 0.1) is 17.5 Å². The monoisotopic (exact) mass is 401 g/mol. The van der Waals surface area contributed by atoms with Crippen molar-refractivity contribution in [1.29, 1.82) is 0 Å². The molecule has 0 saturated carbocycles. The van der Waals surface area contributed by atoms with Gasteiger partial charge in [-0.3, -0.25) is 14.7 Å². The molecule has 0 atom stereocenters. The fourth-order valence-corrected chi connectivity index (χ4v) is 2.78. The molecule has 0 unspecified atom stereocenters. The van der Waals surface area contributed by atoms with E-state index in [9.17, 15) is 18.0 Å². The number of benzene rings is 1. The molecular formula is C19H30F3N5O. The molecule has 0 aliphatic rings. The normalized spacial score (nSPS) is 12.0. The maximum atomic E-state index is 13.6. The minimum atomic E-state index is -1.62. The van der Waals surface area contributed by atoms with Crippen LogP contribution in [0.5, 0.6) is 0 Å². The molecule has 0 heterocycles. The standard InChI is InChI=1S/C19H30F3N5O/c1-12(2)27(13(3)4)10-6-9-24-19(23-5)25-11-16(28)26-15-8-7-14(20)17(21)18(15)22/h7-8,12-13H,6,9-11H2,1-5H3,(H,26,28)(H2,23,24,25). The highest BCUT2D eigenvalue weighted by Gasteiger charge is 2.15. The molecule has 9 heteroatoms. The third kappa shape index (κ3) is 7.38. The molecule has 1 aromatic carbocycles. The van der Waals surface area contributed by atoms with Crippen molar-refractivity contribution in [2.24, 2.45) is 4.99 Å². The first-order valence-corrected chi connectivity index (χ1v) is 9.31. The fourth-order valence-electron chi connectivity index (χ4n) is 2.78. The number of carbonyl (C=O) groups is 1. The topological polar surface area (TPSA) is 68.8 Å². The minimum absolute atomic E-state index is 0.206. The zero-order valence-electron chi connectivity index (χ0n) is 17.1. The van der Waals surface area contributed by atoms with E-state index in [4.69, 9.17) is 0 Å². The van der Waals surface area contributed by atoms with E-state index in [1.54, 1.807) is 7.05 Å². The van der Waals surface area contributed by atoms with Crippen molar-refractivity contribution in [3.8, 4) is 0 Å². The van der Waals surface area contributed by atoms with Gasteiger partial charge in [-0.1, -0.05) is 0 Å². The maximum absolute atomic E-state index is 13.6. The quantitative estimate of drug-likeness (QED) is 0.258. The van der Waals surface area contributed by atoms with Crippen molar-refractivity contribution in [3.05, 3.63) is 29.6 Å². The number of nitrogens with zero attached hydrogens (tertiary/aromatic N) is 2. The van der Waals surface area contributed by atoms with E-state index in [1.807, 2.05) is 0 Å². The number of carbonyl (C=O) groups excluding carboxylic acids is 1. The molecule has 1 aromatic rings. The molecule has 3 N–H and O–H groups in total. The molecule has 0 bridgehead atoms. The summed E-state index contributed by atoms with van der Waals surface area (Å²) in [6.45, 7) is 10.0. The summed E-state index contributed by atoms with van der Waals surface area (Å²) in [7, 11) is 1.57. The van der Waals surface area contributed by atoms with Gasteiger partial charge >= 0.3 is 0 Å².